The maximum atomic E-state index is 12.3. The van der Waals surface area contributed by atoms with Crippen LogP contribution in [0.2, 0.25) is 0 Å². The molecule has 2 fully saturated rings. The van der Waals surface area contributed by atoms with Gasteiger partial charge in [0.15, 0.2) is 0 Å². The summed E-state index contributed by atoms with van der Waals surface area (Å²) in [6.07, 6.45) is 7.10. The van der Waals surface area contributed by atoms with Crippen molar-refractivity contribution in [1.29, 1.82) is 0 Å². The summed E-state index contributed by atoms with van der Waals surface area (Å²) in [5.41, 5.74) is 1.97. The van der Waals surface area contributed by atoms with Crippen LogP contribution in [-0.4, -0.2) is 24.0 Å². The van der Waals surface area contributed by atoms with Crippen molar-refractivity contribution >= 4 is 11.9 Å². The highest BCUT2D eigenvalue weighted by atomic mass is 16.5. The van der Waals surface area contributed by atoms with E-state index in [1.54, 1.807) is 0 Å². The van der Waals surface area contributed by atoms with Gasteiger partial charge in [0, 0.05) is 16.9 Å². The predicted molar refractivity (Wildman–Crippen MR) is 85.1 cm³/mol. The zero-order chi connectivity index (χ0) is 16.4. The van der Waals surface area contributed by atoms with E-state index in [9.17, 15) is 9.59 Å². The summed E-state index contributed by atoms with van der Waals surface area (Å²) in [5, 5.41) is 3.22. The van der Waals surface area contributed by atoms with Crippen molar-refractivity contribution in [2.24, 2.45) is 10.8 Å². The van der Waals surface area contributed by atoms with Crippen molar-refractivity contribution in [2.45, 2.75) is 71.4 Å². The Hall–Kier alpha value is -1.54. The second-order valence-electron chi connectivity index (χ2n) is 7.57. The monoisotopic (exact) mass is 305 g/mol. The first-order valence-corrected chi connectivity index (χ1v) is 8.17. The lowest BCUT2D eigenvalue weighted by molar-refractivity contribution is -0.149. The average Bonchev–Trinajstić information content (AvgIpc) is 2.98. The number of hydrogen-bond donors (Lipinski definition) is 1. The number of rotatable bonds is 3. The van der Waals surface area contributed by atoms with Crippen LogP contribution in [0.1, 0.15) is 59.3 Å². The van der Waals surface area contributed by atoms with E-state index in [0.29, 0.717) is 0 Å². The maximum Gasteiger partial charge on any atom is 0.338 e. The Kier molecular flexibility index (Phi) is 4.81. The van der Waals surface area contributed by atoms with Gasteiger partial charge >= 0.3 is 5.97 Å². The van der Waals surface area contributed by atoms with Gasteiger partial charge in [0.05, 0.1) is 6.08 Å². The minimum Gasteiger partial charge on any atom is -0.458 e. The highest BCUT2D eigenvalue weighted by molar-refractivity contribution is 5.82. The van der Waals surface area contributed by atoms with Crippen LogP contribution in [-0.2, 0) is 14.3 Å². The molecule has 2 rings (SSSR count). The van der Waals surface area contributed by atoms with Gasteiger partial charge in [-0.05, 0) is 32.1 Å². The lowest BCUT2D eigenvalue weighted by atomic mass is 9.78. The highest BCUT2D eigenvalue weighted by Crippen LogP contribution is 2.52. The third-order valence-corrected chi connectivity index (χ3v) is 5.04. The van der Waals surface area contributed by atoms with E-state index in [-0.39, 0.29) is 29.4 Å². The van der Waals surface area contributed by atoms with Gasteiger partial charge in [0.1, 0.15) is 6.10 Å². The molecule has 1 spiro atoms. The van der Waals surface area contributed by atoms with Crippen LogP contribution in [0.4, 0.5) is 0 Å². The fraction of sp³-hybridized carbons (Fsp3) is 0.722. The van der Waals surface area contributed by atoms with Crippen molar-refractivity contribution in [3.63, 3.8) is 0 Å². The lowest BCUT2D eigenvalue weighted by Gasteiger charge is -2.38. The number of nitrogens with one attached hydrogen (secondary N) is 1. The van der Waals surface area contributed by atoms with E-state index in [4.69, 9.17) is 4.74 Å². The number of ether oxygens (including phenoxy) is 1. The van der Waals surface area contributed by atoms with Gasteiger partial charge < -0.3 is 10.1 Å². The summed E-state index contributed by atoms with van der Waals surface area (Å²) in [5.74, 6) is -0.309. The van der Waals surface area contributed by atoms with E-state index >= 15 is 0 Å². The smallest absolute Gasteiger partial charge is 0.338 e. The number of esters is 1. The van der Waals surface area contributed by atoms with Crippen molar-refractivity contribution in [3.8, 4) is 0 Å². The molecule has 0 heterocycles. The molecule has 4 nitrogen and oxygen atoms in total. The first-order valence-electron chi connectivity index (χ1n) is 8.17. The zero-order valence-corrected chi connectivity index (χ0v) is 13.9. The maximum absolute atomic E-state index is 12.3. The summed E-state index contributed by atoms with van der Waals surface area (Å²) in [7, 11) is 0. The average molecular weight is 305 g/mol. The van der Waals surface area contributed by atoms with Gasteiger partial charge in [-0.2, -0.15) is 0 Å². The number of carbonyl (C=O) groups is 2. The Morgan fingerprint density at radius 1 is 1.27 bits per heavy atom. The second kappa shape index (κ2) is 6.29. The number of hydrogen-bond acceptors (Lipinski definition) is 3. The van der Waals surface area contributed by atoms with Crippen LogP contribution in [0.3, 0.4) is 0 Å². The van der Waals surface area contributed by atoms with E-state index in [0.717, 1.165) is 38.5 Å². The fourth-order valence-corrected chi connectivity index (χ4v) is 3.87. The quantitative estimate of drug-likeness (QED) is 0.495. The van der Waals surface area contributed by atoms with Gasteiger partial charge in [-0.1, -0.05) is 33.8 Å². The van der Waals surface area contributed by atoms with Gasteiger partial charge in [-0.3, -0.25) is 4.79 Å². The summed E-state index contributed by atoms with van der Waals surface area (Å²) in [4.78, 5) is 24.1. The van der Waals surface area contributed by atoms with E-state index in [2.05, 4.69) is 17.6 Å². The molecule has 22 heavy (non-hydrogen) atoms. The summed E-state index contributed by atoms with van der Waals surface area (Å²) < 4.78 is 5.64. The van der Waals surface area contributed by atoms with Crippen molar-refractivity contribution < 1.29 is 14.3 Å². The molecule has 122 valence electrons. The molecular formula is C18H27NO3. The third-order valence-electron chi connectivity index (χ3n) is 5.04. The van der Waals surface area contributed by atoms with Gasteiger partial charge in [-0.25, -0.2) is 4.79 Å². The normalized spacial score (nSPS) is 30.9. The Morgan fingerprint density at radius 2 is 1.91 bits per heavy atom. The first kappa shape index (κ1) is 16.8. The topological polar surface area (TPSA) is 55.4 Å². The lowest BCUT2D eigenvalue weighted by Crippen LogP contribution is -2.51. The number of carbonyl (C=O) groups excluding carboxylic acids is 2. The van der Waals surface area contributed by atoms with Crippen LogP contribution < -0.4 is 5.32 Å². The van der Waals surface area contributed by atoms with Crippen LogP contribution in [0.5, 0.6) is 0 Å². The van der Waals surface area contributed by atoms with Crippen molar-refractivity contribution in [3.05, 3.63) is 18.4 Å². The molecule has 0 radical (unpaired) electrons. The molecule has 1 amide bonds. The molecule has 1 N–H and O–H groups in total. The Morgan fingerprint density at radius 3 is 2.50 bits per heavy atom. The van der Waals surface area contributed by atoms with Crippen molar-refractivity contribution in [2.75, 3.05) is 0 Å². The standard InChI is InChI=1S/C18H27NO3/c1-5-8-15(20)22-14-10-7-12-18(14)11-6-9-13(18)19-16(21)17(2,3)4/h8,13-14H,1,6-7,9-12H2,2-4H3,(H,19,21)/t13-,14-,18-/m1/s1. The predicted octanol–water partition coefficient (Wildman–Crippen LogP) is 3.12. The van der Waals surface area contributed by atoms with Crippen LogP contribution in [0, 0.1) is 10.8 Å². The first-order chi connectivity index (χ1) is 10.3. The SMILES string of the molecule is C=C=CC(=O)O[C@@H]1CCC[C@@]12CCC[C@H]2NC(=O)C(C)(C)C. The molecule has 0 aliphatic heterocycles. The molecule has 0 bridgehead atoms. The minimum absolute atomic E-state index is 0.0711. The van der Waals surface area contributed by atoms with Crippen LogP contribution in [0.25, 0.3) is 0 Å². The molecule has 0 aromatic carbocycles. The molecule has 2 aliphatic carbocycles. The van der Waals surface area contributed by atoms with Crippen LogP contribution in [0.15, 0.2) is 18.4 Å². The van der Waals surface area contributed by atoms with Crippen molar-refractivity contribution in [1.82, 2.24) is 5.32 Å². The molecule has 0 aromatic rings. The molecule has 4 heteroatoms. The van der Waals surface area contributed by atoms with E-state index in [1.807, 2.05) is 20.8 Å². The Balaban J connectivity index is 2.13. The minimum atomic E-state index is -0.403. The largest absolute Gasteiger partial charge is 0.458 e. The molecule has 0 saturated heterocycles. The molecule has 3 atom stereocenters. The molecule has 2 aliphatic rings. The second-order valence-corrected chi connectivity index (χ2v) is 7.57. The molecular weight excluding hydrogens is 278 g/mol. The van der Waals surface area contributed by atoms with E-state index < -0.39 is 5.41 Å². The Bertz CT molecular complexity index is 495. The molecule has 2 saturated carbocycles. The fourth-order valence-electron chi connectivity index (χ4n) is 3.87. The molecule has 0 aromatic heterocycles. The third kappa shape index (κ3) is 3.27. The molecule has 0 unspecified atom stereocenters. The summed E-state index contributed by atoms with van der Waals surface area (Å²) in [6.45, 7) is 9.17. The Labute approximate surface area is 133 Å². The summed E-state index contributed by atoms with van der Waals surface area (Å²) >= 11 is 0. The van der Waals surface area contributed by atoms with E-state index in [1.165, 1.54) is 6.08 Å². The zero-order valence-electron chi connectivity index (χ0n) is 13.9. The van der Waals surface area contributed by atoms with Crippen LogP contribution >= 0.6 is 0 Å². The van der Waals surface area contributed by atoms with Gasteiger partial charge in [0.25, 0.3) is 0 Å². The summed E-state index contributed by atoms with van der Waals surface area (Å²) in [6, 6.07) is 0.104. The van der Waals surface area contributed by atoms with Gasteiger partial charge in [-0.15, -0.1) is 5.73 Å². The highest BCUT2D eigenvalue weighted by Gasteiger charge is 2.53. The number of amides is 1. The van der Waals surface area contributed by atoms with Gasteiger partial charge in [0.2, 0.25) is 5.91 Å².